The van der Waals surface area contributed by atoms with Gasteiger partial charge in [-0.3, -0.25) is 4.79 Å². The van der Waals surface area contributed by atoms with Crippen LogP contribution in [0.3, 0.4) is 0 Å². The van der Waals surface area contributed by atoms with E-state index in [1.165, 1.54) is 4.90 Å². The van der Waals surface area contributed by atoms with E-state index < -0.39 is 11.5 Å². The van der Waals surface area contributed by atoms with Crippen LogP contribution in [-0.2, 0) is 4.79 Å². The average Bonchev–Trinajstić information content (AvgIpc) is 2.36. The molecule has 1 aromatic carbocycles. The van der Waals surface area contributed by atoms with Crippen molar-refractivity contribution in [3.8, 4) is 0 Å². The fraction of sp³-hybridized carbons (Fsp3) is 0.462. The molecule has 3 nitrogen and oxygen atoms in total. The number of likely N-dealkylation sites (N-methyl/N-ethyl adjacent to an activating group) is 1. The summed E-state index contributed by atoms with van der Waals surface area (Å²) >= 11 is 5.15. The van der Waals surface area contributed by atoms with Gasteiger partial charge in [0, 0.05) is 9.37 Å². The predicted octanol–water partition coefficient (Wildman–Crippen LogP) is 3.38. The summed E-state index contributed by atoms with van der Waals surface area (Å²) in [6.45, 7) is 1.72. The minimum atomic E-state index is -0.819. The van der Waals surface area contributed by atoms with Gasteiger partial charge in [0.2, 0.25) is 0 Å². The molecule has 0 aliphatic carbocycles. The van der Waals surface area contributed by atoms with Crippen molar-refractivity contribution in [1.29, 1.82) is 0 Å². The molecular formula is C13H18BrNO2S. The van der Waals surface area contributed by atoms with Gasteiger partial charge in [0.05, 0.1) is 0 Å². The van der Waals surface area contributed by atoms with Gasteiger partial charge in [-0.05, 0) is 56.8 Å². The summed E-state index contributed by atoms with van der Waals surface area (Å²) in [5, 5.41) is 12.0. The highest BCUT2D eigenvalue weighted by molar-refractivity contribution is 9.10. The third-order valence-electron chi connectivity index (χ3n) is 2.93. The highest BCUT2D eigenvalue weighted by Crippen LogP contribution is 2.23. The molecule has 1 unspecified atom stereocenters. The van der Waals surface area contributed by atoms with Crippen LogP contribution in [-0.4, -0.2) is 29.4 Å². The van der Waals surface area contributed by atoms with E-state index >= 15 is 0 Å². The number of aliphatic carboxylic acids is 1. The van der Waals surface area contributed by atoms with E-state index in [0.29, 0.717) is 6.42 Å². The molecule has 0 saturated carbocycles. The quantitative estimate of drug-likeness (QED) is 0.594. The molecule has 0 bridgehead atoms. The first-order valence-corrected chi connectivity index (χ1v) is 7.56. The number of hydrogen-bond donors (Lipinski definition) is 2. The van der Waals surface area contributed by atoms with Gasteiger partial charge in [-0.25, -0.2) is 0 Å². The van der Waals surface area contributed by atoms with E-state index in [1.54, 1.807) is 25.7 Å². The van der Waals surface area contributed by atoms with E-state index in [-0.39, 0.29) is 0 Å². The number of thioether (sulfide) groups is 1. The lowest BCUT2D eigenvalue weighted by Crippen LogP contribution is -2.47. The summed E-state index contributed by atoms with van der Waals surface area (Å²) < 4.78 is 1.07. The fourth-order valence-electron chi connectivity index (χ4n) is 1.49. The maximum Gasteiger partial charge on any atom is 0.323 e. The molecule has 0 spiro atoms. The molecule has 0 aliphatic rings. The SMILES string of the molecule is CNC(C)(CCCSc1ccc(Br)cc1)C(=O)O. The molecule has 5 heteroatoms. The number of halogens is 1. The second-order valence-corrected chi connectivity index (χ2v) is 6.38. The van der Waals surface area contributed by atoms with Gasteiger partial charge in [0.25, 0.3) is 0 Å². The van der Waals surface area contributed by atoms with Crippen molar-refractivity contribution in [2.45, 2.75) is 30.2 Å². The van der Waals surface area contributed by atoms with Gasteiger partial charge in [0.1, 0.15) is 5.54 Å². The van der Waals surface area contributed by atoms with Gasteiger partial charge < -0.3 is 10.4 Å². The maximum absolute atomic E-state index is 11.1. The molecule has 1 aromatic rings. The Labute approximate surface area is 120 Å². The van der Waals surface area contributed by atoms with E-state index in [0.717, 1.165) is 16.6 Å². The molecule has 1 rings (SSSR count). The lowest BCUT2D eigenvalue weighted by Gasteiger charge is -2.23. The van der Waals surface area contributed by atoms with Gasteiger partial charge in [-0.2, -0.15) is 0 Å². The second-order valence-electron chi connectivity index (χ2n) is 4.29. The van der Waals surface area contributed by atoms with E-state index in [4.69, 9.17) is 5.11 Å². The summed E-state index contributed by atoms with van der Waals surface area (Å²) in [4.78, 5) is 12.3. The first-order chi connectivity index (χ1) is 8.48. The number of benzene rings is 1. The van der Waals surface area contributed by atoms with Crippen molar-refractivity contribution in [3.05, 3.63) is 28.7 Å². The number of carbonyl (C=O) groups is 1. The zero-order valence-corrected chi connectivity index (χ0v) is 13.0. The number of hydrogen-bond acceptors (Lipinski definition) is 3. The largest absolute Gasteiger partial charge is 0.480 e. The van der Waals surface area contributed by atoms with Crippen molar-refractivity contribution in [3.63, 3.8) is 0 Å². The third-order valence-corrected chi connectivity index (χ3v) is 4.55. The van der Waals surface area contributed by atoms with Crippen LogP contribution in [0.15, 0.2) is 33.6 Å². The van der Waals surface area contributed by atoms with Crippen LogP contribution in [0.2, 0.25) is 0 Å². The normalized spacial score (nSPS) is 14.2. The Kier molecular flexibility index (Phi) is 6.18. The van der Waals surface area contributed by atoms with Crippen LogP contribution in [0, 0.1) is 0 Å². The molecule has 1 atom stereocenters. The molecule has 0 saturated heterocycles. The van der Waals surface area contributed by atoms with Crippen LogP contribution >= 0.6 is 27.7 Å². The van der Waals surface area contributed by atoms with Gasteiger partial charge in [-0.1, -0.05) is 15.9 Å². The van der Waals surface area contributed by atoms with Crippen LogP contribution < -0.4 is 5.32 Å². The van der Waals surface area contributed by atoms with Crippen molar-refractivity contribution in [1.82, 2.24) is 5.32 Å². The third kappa shape index (κ3) is 4.63. The summed E-state index contributed by atoms with van der Waals surface area (Å²) in [6.07, 6.45) is 1.49. The average molecular weight is 332 g/mol. The Morgan fingerprint density at radius 2 is 2.06 bits per heavy atom. The minimum absolute atomic E-state index is 0.627. The van der Waals surface area contributed by atoms with Crippen LogP contribution in [0.25, 0.3) is 0 Å². The molecule has 0 aromatic heterocycles. The van der Waals surface area contributed by atoms with E-state index in [1.807, 2.05) is 12.1 Å². The molecule has 100 valence electrons. The molecule has 0 aliphatic heterocycles. The standard InChI is InChI=1S/C13H18BrNO2S/c1-13(15-2,12(16)17)8-3-9-18-11-6-4-10(14)5-7-11/h4-7,15H,3,8-9H2,1-2H3,(H,16,17). The van der Waals surface area contributed by atoms with Crippen molar-refractivity contribution < 1.29 is 9.90 Å². The fourth-order valence-corrected chi connectivity index (χ4v) is 2.60. The lowest BCUT2D eigenvalue weighted by atomic mass is 9.97. The Hall–Kier alpha value is -0.520. The predicted molar refractivity (Wildman–Crippen MR) is 79.2 cm³/mol. The van der Waals surface area contributed by atoms with E-state index in [2.05, 4.69) is 33.4 Å². The Morgan fingerprint density at radius 3 is 2.56 bits per heavy atom. The summed E-state index contributed by atoms with van der Waals surface area (Å²) in [5.41, 5.74) is -0.819. The number of carboxylic acid groups (broad SMARTS) is 1. The van der Waals surface area contributed by atoms with Gasteiger partial charge >= 0.3 is 5.97 Å². The van der Waals surface area contributed by atoms with Crippen molar-refractivity contribution in [2.75, 3.05) is 12.8 Å². The van der Waals surface area contributed by atoms with E-state index in [9.17, 15) is 4.79 Å². The molecule has 2 N–H and O–H groups in total. The van der Waals surface area contributed by atoms with Crippen LogP contribution in [0.5, 0.6) is 0 Å². The first-order valence-electron chi connectivity index (χ1n) is 5.78. The molecule has 18 heavy (non-hydrogen) atoms. The minimum Gasteiger partial charge on any atom is -0.480 e. The summed E-state index contributed by atoms with van der Waals surface area (Å²) in [7, 11) is 1.69. The summed E-state index contributed by atoms with van der Waals surface area (Å²) in [6, 6.07) is 8.14. The smallest absolute Gasteiger partial charge is 0.323 e. The highest BCUT2D eigenvalue weighted by atomic mass is 79.9. The highest BCUT2D eigenvalue weighted by Gasteiger charge is 2.30. The van der Waals surface area contributed by atoms with Crippen LogP contribution in [0.4, 0.5) is 0 Å². The summed E-state index contributed by atoms with van der Waals surface area (Å²) in [5.74, 6) is 0.130. The number of nitrogens with one attached hydrogen (secondary N) is 1. The topological polar surface area (TPSA) is 49.3 Å². The Bertz CT molecular complexity index is 396. The van der Waals surface area contributed by atoms with Crippen LogP contribution in [0.1, 0.15) is 19.8 Å². The lowest BCUT2D eigenvalue weighted by molar-refractivity contribution is -0.144. The second kappa shape index (κ2) is 7.16. The Balaban J connectivity index is 2.34. The molecule has 0 radical (unpaired) electrons. The Morgan fingerprint density at radius 1 is 1.44 bits per heavy atom. The zero-order chi connectivity index (χ0) is 13.6. The van der Waals surface area contributed by atoms with Gasteiger partial charge in [-0.15, -0.1) is 11.8 Å². The first kappa shape index (κ1) is 15.5. The monoisotopic (exact) mass is 331 g/mol. The van der Waals surface area contributed by atoms with Crippen molar-refractivity contribution >= 4 is 33.7 Å². The maximum atomic E-state index is 11.1. The molecule has 0 fully saturated rings. The molecular weight excluding hydrogens is 314 g/mol. The van der Waals surface area contributed by atoms with Gasteiger partial charge in [0.15, 0.2) is 0 Å². The zero-order valence-electron chi connectivity index (χ0n) is 10.6. The number of carboxylic acids is 1. The van der Waals surface area contributed by atoms with Crippen molar-refractivity contribution in [2.24, 2.45) is 0 Å². The molecule has 0 heterocycles. The number of rotatable bonds is 7. The molecule has 0 amide bonds.